The largest absolute Gasteiger partial charge is 0.465 e. The van der Waals surface area contributed by atoms with Gasteiger partial charge in [-0.2, -0.15) is 0 Å². The van der Waals surface area contributed by atoms with Gasteiger partial charge in [0.25, 0.3) is 0 Å². The Morgan fingerprint density at radius 2 is 2.12 bits per heavy atom. The zero-order chi connectivity index (χ0) is 17.5. The van der Waals surface area contributed by atoms with Crippen LogP contribution in [-0.2, 0) is 34.8 Å². The summed E-state index contributed by atoms with van der Waals surface area (Å²) in [6.07, 6.45) is 2.65. The summed E-state index contributed by atoms with van der Waals surface area (Å²) in [7, 11) is 3.85. The maximum absolute atomic E-state index is 11.7. The Morgan fingerprint density at radius 1 is 1.33 bits per heavy atom. The molecule has 0 saturated carbocycles. The Hall–Kier alpha value is -2.29. The van der Waals surface area contributed by atoms with Crippen LogP contribution in [0.15, 0.2) is 23.5 Å². The number of esters is 1. The molecule has 0 radical (unpaired) electrons. The fourth-order valence-electron chi connectivity index (χ4n) is 2.03. The number of carbonyl (C=O) groups is 2. The Balaban J connectivity index is 1.84. The van der Waals surface area contributed by atoms with E-state index in [2.05, 4.69) is 15.5 Å². The van der Waals surface area contributed by atoms with Crippen molar-refractivity contribution in [3.8, 4) is 0 Å². The number of thioether (sulfide) groups is 1. The molecule has 0 bridgehead atoms. The highest BCUT2D eigenvalue weighted by Gasteiger charge is 2.13. The van der Waals surface area contributed by atoms with E-state index in [1.54, 1.807) is 6.92 Å². The van der Waals surface area contributed by atoms with Crippen molar-refractivity contribution in [2.24, 2.45) is 14.1 Å². The van der Waals surface area contributed by atoms with E-state index in [0.29, 0.717) is 18.2 Å². The molecule has 0 fully saturated rings. The molecule has 2 heterocycles. The van der Waals surface area contributed by atoms with E-state index in [4.69, 9.17) is 4.74 Å². The monoisotopic (exact) mass is 351 g/mol. The summed E-state index contributed by atoms with van der Waals surface area (Å²) in [6, 6.07) is 4.01. The minimum Gasteiger partial charge on any atom is -0.465 e. The lowest BCUT2D eigenvalue weighted by atomic mass is 10.3. The van der Waals surface area contributed by atoms with Gasteiger partial charge in [-0.1, -0.05) is 11.8 Å². The van der Waals surface area contributed by atoms with Crippen molar-refractivity contribution in [1.82, 2.24) is 24.6 Å². The van der Waals surface area contributed by atoms with Gasteiger partial charge in [-0.25, -0.2) is 0 Å². The van der Waals surface area contributed by atoms with E-state index in [1.165, 1.54) is 11.8 Å². The maximum atomic E-state index is 11.7. The van der Waals surface area contributed by atoms with Crippen molar-refractivity contribution in [1.29, 1.82) is 0 Å². The van der Waals surface area contributed by atoms with Gasteiger partial charge in [-0.05, 0) is 19.1 Å². The van der Waals surface area contributed by atoms with Gasteiger partial charge in [-0.3, -0.25) is 9.59 Å². The molecule has 0 aliphatic heterocycles. The zero-order valence-electron chi connectivity index (χ0n) is 14.0. The first-order chi connectivity index (χ1) is 11.5. The summed E-state index contributed by atoms with van der Waals surface area (Å²) >= 11 is 1.28. The van der Waals surface area contributed by atoms with Gasteiger partial charge in [0.15, 0.2) is 5.16 Å². The van der Waals surface area contributed by atoms with Gasteiger partial charge in [0, 0.05) is 32.4 Å². The molecule has 0 unspecified atom stereocenters. The molecule has 0 aromatic carbocycles. The highest BCUT2D eigenvalue weighted by Crippen LogP contribution is 2.17. The Bertz CT molecular complexity index is 710. The van der Waals surface area contributed by atoms with Gasteiger partial charge in [0.05, 0.1) is 12.4 Å². The first-order valence-corrected chi connectivity index (χ1v) is 8.53. The van der Waals surface area contributed by atoms with Gasteiger partial charge in [0.2, 0.25) is 5.91 Å². The molecule has 1 N–H and O–H groups in total. The van der Waals surface area contributed by atoms with Crippen LogP contribution >= 0.6 is 11.8 Å². The molecule has 0 spiro atoms. The van der Waals surface area contributed by atoms with Crippen molar-refractivity contribution in [3.05, 3.63) is 29.8 Å². The van der Waals surface area contributed by atoms with Crippen LogP contribution in [0.1, 0.15) is 18.4 Å². The molecule has 0 atom stereocenters. The third kappa shape index (κ3) is 4.85. The molecule has 2 aromatic heterocycles. The number of rotatable bonds is 8. The number of nitrogens with zero attached hydrogens (tertiary/aromatic N) is 4. The fraction of sp³-hybridized carbons (Fsp3) is 0.467. The van der Waals surface area contributed by atoms with Gasteiger partial charge in [0.1, 0.15) is 12.4 Å². The van der Waals surface area contributed by atoms with Gasteiger partial charge in [-0.15, -0.1) is 10.2 Å². The predicted molar refractivity (Wildman–Crippen MR) is 89.6 cm³/mol. The second kappa shape index (κ2) is 8.53. The second-order valence-corrected chi connectivity index (χ2v) is 6.06. The molecule has 0 aliphatic rings. The summed E-state index contributed by atoms with van der Waals surface area (Å²) in [5, 5.41) is 11.5. The molecule has 8 nitrogen and oxygen atoms in total. The van der Waals surface area contributed by atoms with Gasteiger partial charge >= 0.3 is 5.97 Å². The number of hydrogen-bond donors (Lipinski definition) is 1. The standard InChI is InChI=1S/C15H21N5O3S/c1-4-23-14(22)9-16-13(21)10-24-15-18-17-12(20(15)3)8-11-6-5-7-19(11)2/h5-7H,4,8-10H2,1-3H3,(H,16,21). The van der Waals surface area contributed by atoms with E-state index < -0.39 is 5.97 Å². The first kappa shape index (κ1) is 18.1. The lowest BCUT2D eigenvalue weighted by molar-refractivity contribution is -0.143. The highest BCUT2D eigenvalue weighted by atomic mass is 32.2. The summed E-state index contributed by atoms with van der Waals surface area (Å²) in [5.74, 6) is 0.292. The third-order valence-corrected chi connectivity index (χ3v) is 4.40. The number of aryl methyl sites for hydroxylation is 1. The Morgan fingerprint density at radius 3 is 2.79 bits per heavy atom. The molecule has 1 amide bonds. The molecule has 130 valence electrons. The SMILES string of the molecule is CCOC(=O)CNC(=O)CSc1nnc(Cc2cccn2C)n1C. The number of aromatic nitrogens is 4. The normalized spacial score (nSPS) is 10.6. The predicted octanol–water partition coefficient (Wildman–Crippen LogP) is 0.516. The van der Waals surface area contributed by atoms with E-state index in [-0.39, 0.29) is 18.2 Å². The third-order valence-electron chi connectivity index (χ3n) is 3.38. The lowest BCUT2D eigenvalue weighted by Gasteiger charge is -2.06. The van der Waals surface area contributed by atoms with Crippen molar-refractivity contribution < 1.29 is 14.3 Å². The quantitative estimate of drug-likeness (QED) is 0.551. The zero-order valence-corrected chi connectivity index (χ0v) is 14.8. The van der Waals surface area contributed by atoms with Crippen molar-refractivity contribution in [3.63, 3.8) is 0 Å². The fourth-order valence-corrected chi connectivity index (χ4v) is 2.79. The topological polar surface area (TPSA) is 91.0 Å². The van der Waals surface area contributed by atoms with Crippen LogP contribution in [0.25, 0.3) is 0 Å². The summed E-state index contributed by atoms with van der Waals surface area (Å²) < 4.78 is 8.65. The van der Waals surface area contributed by atoms with Crippen LogP contribution in [0.5, 0.6) is 0 Å². The molecule has 2 rings (SSSR count). The summed E-state index contributed by atoms with van der Waals surface area (Å²) in [4.78, 5) is 22.9. The van der Waals surface area contributed by atoms with Crippen LogP contribution in [0.4, 0.5) is 0 Å². The van der Waals surface area contributed by atoms with E-state index in [9.17, 15) is 9.59 Å². The first-order valence-electron chi connectivity index (χ1n) is 7.54. The Labute approximate surface area is 144 Å². The molecule has 24 heavy (non-hydrogen) atoms. The number of nitrogens with one attached hydrogen (secondary N) is 1. The smallest absolute Gasteiger partial charge is 0.325 e. The minimum atomic E-state index is -0.445. The number of amides is 1. The summed E-state index contributed by atoms with van der Waals surface area (Å²) in [5.41, 5.74) is 1.13. The van der Waals surface area contributed by atoms with Crippen LogP contribution in [0, 0.1) is 0 Å². The van der Waals surface area contributed by atoms with E-state index >= 15 is 0 Å². The van der Waals surface area contributed by atoms with E-state index in [0.717, 1.165) is 11.5 Å². The highest BCUT2D eigenvalue weighted by molar-refractivity contribution is 7.99. The van der Waals surface area contributed by atoms with Crippen molar-refractivity contribution >= 4 is 23.6 Å². The lowest BCUT2D eigenvalue weighted by Crippen LogP contribution is -2.31. The molecule has 0 saturated heterocycles. The van der Waals surface area contributed by atoms with Crippen LogP contribution < -0.4 is 5.32 Å². The van der Waals surface area contributed by atoms with Gasteiger partial charge < -0.3 is 19.2 Å². The second-order valence-electron chi connectivity index (χ2n) is 5.12. The van der Waals surface area contributed by atoms with Crippen LogP contribution in [-0.4, -0.2) is 50.1 Å². The van der Waals surface area contributed by atoms with E-state index in [1.807, 2.05) is 41.6 Å². The summed E-state index contributed by atoms with van der Waals surface area (Å²) in [6.45, 7) is 1.90. The average Bonchev–Trinajstić information content (AvgIpc) is 3.11. The number of carbonyl (C=O) groups excluding carboxylic acids is 2. The average molecular weight is 351 g/mol. The van der Waals surface area contributed by atoms with Crippen molar-refractivity contribution in [2.75, 3.05) is 18.9 Å². The molecule has 9 heteroatoms. The molecule has 2 aromatic rings. The number of ether oxygens (including phenoxy) is 1. The Kier molecular flexibility index (Phi) is 6.42. The van der Waals surface area contributed by atoms with Crippen LogP contribution in [0.3, 0.4) is 0 Å². The molecular weight excluding hydrogens is 330 g/mol. The molecular formula is C15H21N5O3S. The minimum absolute atomic E-state index is 0.120. The number of hydrogen-bond acceptors (Lipinski definition) is 6. The van der Waals surface area contributed by atoms with Crippen molar-refractivity contribution in [2.45, 2.75) is 18.5 Å². The maximum Gasteiger partial charge on any atom is 0.325 e. The van der Waals surface area contributed by atoms with Crippen LogP contribution in [0.2, 0.25) is 0 Å². The molecule has 0 aliphatic carbocycles.